The molecule has 1 N–H and O–H groups in total. The molecule has 0 bridgehead atoms. The minimum Gasteiger partial charge on any atom is -0.372 e. The summed E-state index contributed by atoms with van der Waals surface area (Å²) in [6, 6.07) is 6.85. The van der Waals surface area contributed by atoms with E-state index in [0.717, 1.165) is 38.3 Å². The number of hydrogen-bond acceptors (Lipinski definition) is 2. The summed E-state index contributed by atoms with van der Waals surface area (Å²) in [5.74, 6) is -0.157. The molecule has 0 aliphatic rings. The fourth-order valence-electron chi connectivity index (χ4n) is 2.00. The zero-order chi connectivity index (χ0) is 13.2. The Kier molecular flexibility index (Phi) is 7.42. The summed E-state index contributed by atoms with van der Waals surface area (Å²) in [7, 11) is 0. The van der Waals surface area contributed by atoms with Crippen molar-refractivity contribution in [3.63, 3.8) is 0 Å². The van der Waals surface area contributed by atoms with E-state index in [0.29, 0.717) is 0 Å². The van der Waals surface area contributed by atoms with Crippen LogP contribution in [0.15, 0.2) is 24.3 Å². The van der Waals surface area contributed by atoms with Crippen LogP contribution >= 0.6 is 0 Å². The smallest absolute Gasteiger partial charge is 0.125 e. The molecule has 0 radical (unpaired) electrons. The van der Waals surface area contributed by atoms with E-state index >= 15 is 0 Å². The van der Waals surface area contributed by atoms with Crippen molar-refractivity contribution in [2.75, 3.05) is 31.1 Å². The maximum atomic E-state index is 13.2. The lowest BCUT2D eigenvalue weighted by molar-refractivity contribution is 0.607. The Morgan fingerprint density at radius 3 is 2.67 bits per heavy atom. The molecule has 0 fully saturated rings. The first-order valence-corrected chi connectivity index (χ1v) is 6.99. The number of hydrogen-bond donors (Lipinski definition) is 1. The van der Waals surface area contributed by atoms with Crippen LogP contribution in [0.5, 0.6) is 0 Å². The average molecular weight is 252 g/mol. The van der Waals surface area contributed by atoms with Gasteiger partial charge in [0.2, 0.25) is 0 Å². The molecule has 0 aromatic heterocycles. The standard InChI is InChI=1S/C15H25FN2/c1-3-10-17-11-5-6-12-18(4-2)15-9-7-8-14(16)13-15/h7-9,13,17H,3-6,10-12H2,1-2H3. The van der Waals surface area contributed by atoms with Gasteiger partial charge in [-0.25, -0.2) is 4.39 Å². The van der Waals surface area contributed by atoms with Crippen molar-refractivity contribution in [2.45, 2.75) is 33.1 Å². The van der Waals surface area contributed by atoms with Gasteiger partial charge in [-0.2, -0.15) is 0 Å². The number of halogens is 1. The summed E-state index contributed by atoms with van der Waals surface area (Å²) < 4.78 is 13.2. The van der Waals surface area contributed by atoms with Gasteiger partial charge in [0, 0.05) is 18.8 Å². The average Bonchev–Trinajstić information content (AvgIpc) is 2.38. The summed E-state index contributed by atoms with van der Waals surface area (Å²) in [6.45, 7) is 8.38. The molecule has 0 aliphatic carbocycles. The Labute approximate surface area is 110 Å². The Bertz CT molecular complexity index is 328. The van der Waals surface area contributed by atoms with Crippen LogP contribution in [0.3, 0.4) is 0 Å². The Hall–Kier alpha value is -1.09. The van der Waals surface area contributed by atoms with Crippen molar-refractivity contribution in [3.05, 3.63) is 30.1 Å². The Balaban J connectivity index is 2.29. The molecule has 1 aromatic carbocycles. The zero-order valence-electron chi connectivity index (χ0n) is 11.6. The second-order valence-corrected chi connectivity index (χ2v) is 4.52. The van der Waals surface area contributed by atoms with Crippen LogP contribution in [0.1, 0.15) is 33.1 Å². The summed E-state index contributed by atoms with van der Waals surface area (Å²) in [5, 5.41) is 3.40. The van der Waals surface area contributed by atoms with Gasteiger partial charge in [-0.3, -0.25) is 0 Å². The van der Waals surface area contributed by atoms with Crippen LogP contribution in [-0.2, 0) is 0 Å². The summed E-state index contributed by atoms with van der Waals surface area (Å²) in [4.78, 5) is 2.23. The van der Waals surface area contributed by atoms with E-state index in [1.807, 2.05) is 6.07 Å². The molecule has 0 amide bonds. The lowest BCUT2D eigenvalue weighted by Gasteiger charge is -2.23. The third-order valence-electron chi connectivity index (χ3n) is 3.01. The molecule has 2 nitrogen and oxygen atoms in total. The van der Waals surface area contributed by atoms with Gasteiger partial charge in [0.25, 0.3) is 0 Å². The van der Waals surface area contributed by atoms with E-state index in [2.05, 4.69) is 24.1 Å². The molecule has 0 heterocycles. The number of benzene rings is 1. The molecule has 0 unspecified atom stereocenters. The molecule has 1 rings (SSSR count). The largest absolute Gasteiger partial charge is 0.372 e. The van der Waals surface area contributed by atoms with E-state index in [1.165, 1.54) is 18.9 Å². The number of anilines is 1. The fourth-order valence-corrected chi connectivity index (χ4v) is 2.00. The van der Waals surface area contributed by atoms with Gasteiger partial charge in [-0.1, -0.05) is 13.0 Å². The molecular weight excluding hydrogens is 227 g/mol. The molecule has 1 aromatic rings. The fraction of sp³-hybridized carbons (Fsp3) is 0.600. The van der Waals surface area contributed by atoms with Crippen molar-refractivity contribution >= 4 is 5.69 Å². The SMILES string of the molecule is CCCNCCCCN(CC)c1cccc(F)c1. The molecular formula is C15H25FN2. The van der Waals surface area contributed by atoms with Crippen molar-refractivity contribution in [3.8, 4) is 0 Å². The quantitative estimate of drug-likeness (QED) is 0.677. The molecule has 0 atom stereocenters. The Morgan fingerprint density at radius 1 is 1.17 bits per heavy atom. The monoisotopic (exact) mass is 252 g/mol. The predicted octanol–water partition coefficient (Wildman–Crippen LogP) is 3.43. The molecule has 0 spiro atoms. The van der Waals surface area contributed by atoms with Crippen molar-refractivity contribution in [1.29, 1.82) is 0 Å². The molecule has 18 heavy (non-hydrogen) atoms. The number of unbranched alkanes of at least 4 members (excludes halogenated alkanes) is 1. The third kappa shape index (κ3) is 5.50. The normalized spacial score (nSPS) is 10.6. The highest BCUT2D eigenvalue weighted by atomic mass is 19.1. The predicted molar refractivity (Wildman–Crippen MR) is 76.7 cm³/mol. The second-order valence-electron chi connectivity index (χ2n) is 4.52. The first-order chi connectivity index (χ1) is 8.77. The van der Waals surface area contributed by atoms with Gasteiger partial charge < -0.3 is 10.2 Å². The molecule has 0 saturated heterocycles. The molecule has 3 heteroatoms. The highest BCUT2D eigenvalue weighted by Gasteiger charge is 2.04. The molecule has 102 valence electrons. The highest BCUT2D eigenvalue weighted by molar-refractivity contribution is 5.46. The Morgan fingerprint density at radius 2 is 2.00 bits per heavy atom. The van der Waals surface area contributed by atoms with Gasteiger partial charge >= 0.3 is 0 Å². The van der Waals surface area contributed by atoms with Crippen LogP contribution in [-0.4, -0.2) is 26.2 Å². The van der Waals surface area contributed by atoms with Gasteiger partial charge in [0.1, 0.15) is 5.82 Å². The van der Waals surface area contributed by atoms with Gasteiger partial charge in [-0.15, -0.1) is 0 Å². The van der Waals surface area contributed by atoms with Crippen LogP contribution in [0.2, 0.25) is 0 Å². The minimum atomic E-state index is -0.157. The second kappa shape index (κ2) is 8.92. The molecule has 0 saturated carbocycles. The molecule has 0 aliphatic heterocycles. The summed E-state index contributed by atoms with van der Waals surface area (Å²) >= 11 is 0. The van der Waals surface area contributed by atoms with E-state index in [9.17, 15) is 4.39 Å². The van der Waals surface area contributed by atoms with Gasteiger partial charge in [0.05, 0.1) is 0 Å². The number of nitrogens with one attached hydrogen (secondary N) is 1. The zero-order valence-corrected chi connectivity index (χ0v) is 11.6. The van der Waals surface area contributed by atoms with Crippen molar-refractivity contribution in [1.82, 2.24) is 5.32 Å². The summed E-state index contributed by atoms with van der Waals surface area (Å²) in [5.41, 5.74) is 0.985. The first-order valence-electron chi connectivity index (χ1n) is 6.99. The van der Waals surface area contributed by atoms with E-state index in [1.54, 1.807) is 12.1 Å². The van der Waals surface area contributed by atoms with Crippen LogP contribution in [0.25, 0.3) is 0 Å². The summed E-state index contributed by atoms with van der Waals surface area (Å²) in [6.07, 6.45) is 3.50. The number of nitrogens with zero attached hydrogens (tertiary/aromatic N) is 1. The minimum absolute atomic E-state index is 0.157. The third-order valence-corrected chi connectivity index (χ3v) is 3.01. The lowest BCUT2D eigenvalue weighted by atomic mass is 10.2. The van der Waals surface area contributed by atoms with Gasteiger partial charge in [-0.05, 0) is 57.5 Å². The van der Waals surface area contributed by atoms with E-state index in [-0.39, 0.29) is 5.82 Å². The van der Waals surface area contributed by atoms with Gasteiger partial charge in [0.15, 0.2) is 0 Å². The van der Waals surface area contributed by atoms with E-state index < -0.39 is 0 Å². The van der Waals surface area contributed by atoms with E-state index in [4.69, 9.17) is 0 Å². The maximum absolute atomic E-state index is 13.2. The van der Waals surface area contributed by atoms with Crippen LogP contribution in [0.4, 0.5) is 10.1 Å². The van der Waals surface area contributed by atoms with Crippen molar-refractivity contribution < 1.29 is 4.39 Å². The van der Waals surface area contributed by atoms with Crippen LogP contribution < -0.4 is 10.2 Å². The maximum Gasteiger partial charge on any atom is 0.125 e. The lowest BCUT2D eigenvalue weighted by Crippen LogP contribution is -2.25. The topological polar surface area (TPSA) is 15.3 Å². The van der Waals surface area contributed by atoms with Crippen LogP contribution in [0, 0.1) is 5.82 Å². The highest BCUT2D eigenvalue weighted by Crippen LogP contribution is 2.15. The number of rotatable bonds is 9. The van der Waals surface area contributed by atoms with Crippen molar-refractivity contribution in [2.24, 2.45) is 0 Å². The first kappa shape index (κ1) is 15.0.